The van der Waals surface area contributed by atoms with E-state index in [1.807, 2.05) is 12.2 Å². The highest BCUT2D eigenvalue weighted by atomic mass is 16.6. The third-order valence-corrected chi connectivity index (χ3v) is 10.6. The van der Waals surface area contributed by atoms with Gasteiger partial charge in [-0.1, -0.05) is 214 Å². The molecular formula is C57H96O5. The van der Waals surface area contributed by atoms with Gasteiger partial charge in [-0.2, -0.15) is 0 Å². The maximum absolute atomic E-state index is 12.7. The van der Waals surface area contributed by atoms with Gasteiger partial charge in [0.2, 0.25) is 0 Å². The van der Waals surface area contributed by atoms with Crippen LogP contribution < -0.4 is 0 Å². The first-order valence-corrected chi connectivity index (χ1v) is 25.8. The van der Waals surface area contributed by atoms with Crippen LogP contribution in [-0.2, 0) is 23.8 Å². The molecule has 0 amide bonds. The zero-order valence-corrected chi connectivity index (χ0v) is 40.6. The maximum atomic E-state index is 12.7. The molecule has 0 aliphatic rings. The standard InChI is InChI=1S/C57H96O5/c1-4-7-10-13-16-19-22-25-28-29-31-32-35-38-41-44-47-50-56(58)61-54-55(53-60-52-49-46-43-40-37-34-27-24-21-18-15-12-9-6-3)62-57(59)51-48-45-42-39-36-33-30-26-23-20-17-14-11-8-5-2/h8,11-12,15,17,20-21,24-26,28,30,36,39,45,48,55H,4-7,9-10,13-14,16,18-19,22-23,27,29,31-35,37-38,40-44,46-47,49-54H2,1-3H3/b11-8-,15-12-,20-17-,24-21-,28-25-,30-26-,39-36-,48-45-. The maximum Gasteiger partial charge on any atom is 0.310 e. The predicted molar refractivity (Wildman–Crippen MR) is 270 cm³/mol. The molecule has 1 atom stereocenters. The van der Waals surface area contributed by atoms with Crippen LogP contribution in [0.1, 0.15) is 226 Å². The summed E-state index contributed by atoms with van der Waals surface area (Å²) in [6, 6.07) is 0. The zero-order valence-electron chi connectivity index (χ0n) is 40.6. The predicted octanol–water partition coefficient (Wildman–Crippen LogP) is 17.5. The molecule has 0 spiro atoms. The van der Waals surface area contributed by atoms with Crippen LogP contribution in [0.4, 0.5) is 0 Å². The van der Waals surface area contributed by atoms with Crippen LogP contribution in [0.25, 0.3) is 0 Å². The van der Waals surface area contributed by atoms with Crippen molar-refractivity contribution < 1.29 is 23.8 Å². The average Bonchev–Trinajstić information content (AvgIpc) is 3.27. The molecule has 0 aromatic rings. The van der Waals surface area contributed by atoms with Crippen molar-refractivity contribution >= 4 is 11.9 Å². The largest absolute Gasteiger partial charge is 0.462 e. The molecule has 0 aliphatic heterocycles. The minimum absolute atomic E-state index is 0.0348. The molecule has 1 unspecified atom stereocenters. The van der Waals surface area contributed by atoms with E-state index in [-0.39, 0.29) is 31.6 Å². The Morgan fingerprint density at radius 3 is 1.32 bits per heavy atom. The fraction of sp³-hybridized carbons (Fsp3) is 0.684. The molecule has 0 aromatic carbocycles. The minimum atomic E-state index is -0.602. The van der Waals surface area contributed by atoms with Crippen LogP contribution in [0, 0.1) is 0 Å². The summed E-state index contributed by atoms with van der Waals surface area (Å²) in [4.78, 5) is 25.3. The van der Waals surface area contributed by atoms with E-state index in [4.69, 9.17) is 14.2 Å². The summed E-state index contributed by atoms with van der Waals surface area (Å²) in [5, 5.41) is 0. The number of esters is 2. The summed E-state index contributed by atoms with van der Waals surface area (Å²) in [5.74, 6) is -0.557. The monoisotopic (exact) mass is 861 g/mol. The molecule has 0 aliphatic carbocycles. The number of rotatable bonds is 46. The van der Waals surface area contributed by atoms with Crippen molar-refractivity contribution in [2.24, 2.45) is 0 Å². The van der Waals surface area contributed by atoms with Gasteiger partial charge in [0.25, 0.3) is 0 Å². The molecule has 5 heteroatoms. The molecule has 5 nitrogen and oxygen atoms in total. The van der Waals surface area contributed by atoms with Crippen LogP contribution in [0.5, 0.6) is 0 Å². The Labute approximate surface area is 383 Å². The van der Waals surface area contributed by atoms with Gasteiger partial charge in [0.05, 0.1) is 13.0 Å². The Morgan fingerprint density at radius 1 is 0.387 bits per heavy atom. The molecule has 0 saturated heterocycles. The van der Waals surface area contributed by atoms with Gasteiger partial charge in [-0.25, -0.2) is 0 Å². The number of carbonyl (C=O) groups excluding carboxylic acids is 2. The highest BCUT2D eigenvalue weighted by Gasteiger charge is 2.17. The van der Waals surface area contributed by atoms with Gasteiger partial charge in [0, 0.05) is 13.0 Å². The number of carbonyl (C=O) groups is 2. The third-order valence-electron chi connectivity index (χ3n) is 10.6. The highest BCUT2D eigenvalue weighted by molar-refractivity contribution is 5.71. The van der Waals surface area contributed by atoms with Crippen molar-refractivity contribution in [1.82, 2.24) is 0 Å². The first-order valence-electron chi connectivity index (χ1n) is 25.8. The van der Waals surface area contributed by atoms with E-state index in [2.05, 4.69) is 106 Å². The average molecular weight is 861 g/mol. The lowest BCUT2D eigenvalue weighted by Crippen LogP contribution is -2.29. The first-order chi connectivity index (χ1) is 30.6. The summed E-state index contributed by atoms with van der Waals surface area (Å²) in [6.45, 7) is 7.51. The van der Waals surface area contributed by atoms with Crippen LogP contribution >= 0.6 is 0 Å². The summed E-state index contributed by atoms with van der Waals surface area (Å²) >= 11 is 0. The topological polar surface area (TPSA) is 61.8 Å². The van der Waals surface area contributed by atoms with E-state index in [0.717, 1.165) is 77.0 Å². The SMILES string of the molecule is CC/C=C\C/C=C\C/C=C\C/C=C\C/C=C\CC(=O)OC(COCCCCCCCC/C=C\C/C=C\CCC)COC(=O)CCCCCCCCC/C=C\CCCCCCCC. The Balaban J connectivity index is 4.41. The minimum Gasteiger partial charge on any atom is -0.462 e. The number of unbranched alkanes of at least 4 members (excludes halogenated alkanes) is 20. The Kier molecular flexibility index (Phi) is 49.5. The fourth-order valence-corrected chi connectivity index (χ4v) is 6.79. The molecule has 0 rings (SSSR count). The van der Waals surface area contributed by atoms with E-state index in [1.54, 1.807) is 0 Å². The fourth-order valence-electron chi connectivity index (χ4n) is 6.79. The van der Waals surface area contributed by atoms with Crippen LogP contribution in [0.3, 0.4) is 0 Å². The summed E-state index contributed by atoms with van der Waals surface area (Å²) in [5.41, 5.74) is 0. The van der Waals surface area contributed by atoms with Gasteiger partial charge < -0.3 is 14.2 Å². The second-order valence-corrected chi connectivity index (χ2v) is 16.7. The Bertz CT molecular complexity index is 1200. The molecule has 0 saturated carbocycles. The van der Waals surface area contributed by atoms with Crippen LogP contribution in [0.2, 0.25) is 0 Å². The normalized spacial score (nSPS) is 13.0. The van der Waals surface area contributed by atoms with Crippen molar-refractivity contribution in [3.8, 4) is 0 Å². The van der Waals surface area contributed by atoms with Gasteiger partial charge in [0.1, 0.15) is 6.61 Å². The van der Waals surface area contributed by atoms with Crippen molar-refractivity contribution in [3.05, 3.63) is 97.2 Å². The van der Waals surface area contributed by atoms with E-state index >= 15 is 0 Å². The highest BCUT2D eigenvalue weighted by Crippen LogP contribution is 2.13. The van der Waals surface area contributed by atoms with Gasteiger partial charge in [0.15, 0.2) is 6.10 Å². The second kappa shape index (κ2) is 52.2. The Hall–Kier alpha value is -3.18. The number of hydrogen-bond acceptors (Lipinski definition) is 5. The van der Waals surface area contributed by atoms with Crippen molar-refractivity contribution in [3.63, 3.8) is 0 Å². The van der Waals surface area contributed by atoms with E-state index in [9.17, 15) is 9.59 Å². The number of ether oxygens (including phenoxy) is 3. The van der Waals surface area contributed by atoms with E-state index in [0.29, 0.717) is 13.0 Å². The molecule has 62 heavy (non-hydrogen) atoms. The van der Waals surface area contributed by atoms with Gasteiger partial charge >= 0.3 is 11.9 Å². The lowest BCUT2D eigenvalue weighted by molar-refractivity contribution is -0.162. The molecule has 0 radical (unpaired) electrons. The lowest BCUT2D eigenvalue weighted by Gasteiger charge is -2.18. The lowest BCUT2D eigenvalue weighted by atomic mass is 10.1. The van der Waals surface area contributed by atoms with Crippen LogP contribution in [0.15, 0.2) is 97.2 Å². The van der Waals surface area contributed by atoms with Crippen molar-refractivity contribution in [2.45, 2.75) is 232 Å². The molecule has 354 valence electrons. The quantitative estimate of drug-likeness (QED) is 0.0347. The van der Waals surface area contributed by atoms with Crippen LogP contribution in [-0.4, -0.2) is 37.9 Å². The Morgan fingerprint density at radius 2 is 0.806 bits per heavy atom. The van der Waals surface area contributed by atoms with Crippen molar-refractivity contribution in [1.29, 1.82) is 0 Å². The summed E-state index contributed by atoms with van der Waals surface area (Å²) in [7, 11) is 0. The zero-order chi connectivity index (χ0) is 44.9. The van der Waals surface area contributed by atoms with Crippen molar-refractivity contribution in [2.75, 3.05) is 19.8 Å². The molecule has 0 aromatic heterocycles. The molecule has 0 N–H and O–H groups in total. The van der Waals surface area contributed by atoms with Gasteiger partial charge in [-0.05, 0) is 96.3 Å². The molecule has 0 fully saturated rings. The summed E-state index contributed by atoms with van der Waals surface area (Å²) in [6.07, 6.45) is 70.1. The number of hydrogen-bond donors (Lipinski definition) is 0. The van der Waals surface area contributed by atoms with Gasteiger partial charge in [-0.15, -0.1) is 0 Å². The van der Waals surface area contributed by atoms with E-state index in [1.165, 1.54) is 116 Å². The summed E-state index contributed by atoms with van der Waals surface area (Å²) < 4.78 is 17.3. The second-order valence-electron chi connectivity index (χ2n) is 16.7. The van der Waals surface area contributed by atoms with E-state index < -0.39 is 6.10 Å². The smallest absolute Gasteiger partial charge is 0.310 e. The number of allylic oxidation sites excluding steroid dienone is 15. The molecular weight excluding hydrogens is 765 g/mol. The molecule has 0 bridgehead atoms. The first kappa shape index (κ1) is 58.8. The van der Waals surface area contributed by atoms with Gasteiger partial charge in [-0.3, -0.25) is 9.59 Å². The molecule has 0 heterocycles. The third kappa shape index (κ3) is 49.5.